The van der Waals surface area contributed by atoms with E-state index in [2.05, 4.69) is 0 Å². The van der Waals surface area contributed by atoms with Gasteiger partial charge in [0.05, 0.1) is 0 Å². The number of aldehydes is 2. The number of hydrogen-bond acceptors (Lipinski definition) is 2. The van der Waals surface area contributed by atoms with Crippen LogP contribution in [-0.4, -0.2) is 12.6 Å². The fraction of sp³-hybridized carbons (Fsp3) is 0.714. The molecule has 2 heteroatoms. The third kappa shape index (κ3) is 1.18. The van der Waals surface area contributed by atoms with Crippen LogP contribution in [0, 0.1) is 11.8 Å². The van der Waals surface area contributed by atoms with Crippen molar-refractivity contribution in [3.8, 4) is 0 Å². The Morgan fingerprint density at radius 1 is 1.00 bits per heavy atom. The van der Waals surface area contributed by atoms with Gasteiger partial charge in [0.2, 0.25) is 0 Å². The molecule has 9 heavy (non-hydrogen) atoms. The molecule has 50 valence electrons. The van der Waals surface area contributed by atoms with Gasteiger partial charge in [0, 0.05) is 11.8 Å². The van der Waals surface area contributed by atoms with E-state index >= 15 is 0 Å². The first kappa shape index (κ1) is 6.46. The Kier molecular flexibility index (Phi) is 1.98. The molecule has 1 aliphatic rings. The minimum absolute atomic E-state index is 0.0301. The molecule has 0 unspecified atom stereocenters. The van der Waals surface area contributed by atoms with E-state index in [0.717, 1.165) is 31.8 Å². The SMILES string of the molecule is O=C[C@H]1CCC[C@@H]1C=O. The van der Waals surface area contributed by atoms with Gasteiger partial charge in [-0.25, -0.2) is 0 Å². The second-order valence-electron chi connectivity index (χ2n) is 2.53. The molecule has 1 aliphatic carbocycles. The zero-order valence-corrected chi connectivity index (χ0v) is 5.25. The molecule has 2 nitrogen and oxygen atoms in total. The normalized spacial score (nSPS) is 34.2. The Morgan fingerprint density at radius 2 is 1.44 bits per heavy atom. The van der Waals surface area contributed by atoms with Gasteiger partial charge in [-0.1, -0.05) is 6.42 Å². The Balaban J connectivity index is 2.50. The fourth-order valence-electron chi connectivity index (χ4n) is 1.36. The smallest absolute Gasteiger partial charge is 0.123 e. The summed E-state index contributed by atoms with van der Waals surface area (Å²) in [5, 5.41) is 0. The molecule has 0 spiro atoms. The van der Waals surface area contributed by atoms with Crippen LogP contribution in [0.4, 0.5) is 0 Å². The summed E-state index contributed by atoms with van der Waals surface area (Å²) < 4.78 is 0. The summed E-state index contributed by atoms with van der Waals surface area (Å²) in [7, 11) is 0. The Morgan fingerprint density at radius 3 is 1.78 bits per heavy atom. The van der Waals surface area contributed by atoms with E-state index in [9.17, 15) is 9.59 Å². The molecule has 1 rings (SSSR count). The van der Waals surface area contributed by atoms with Crippen molar-refractivity contribution in [2.75, 3.05) is 0 Å². The van der Waals surface area contributed by atoms with Gasteiger partial charge < -0.3 is 9.59 Å². The molecule has 0 aromatic heterocycles. The van der Waals surface area contributed by atoms with Crippen molar-refractivity contribution in [3.05, 3.63) is 0 Å². The summed E-state index contributed by atoms with van der Waals surface area (Å²) in [5.74, 6) is 0.0602. The van der Waals surface area contributed by atoms with Gasteiger partial charge in [0.15, 0.2) is 0 Å². The second-order valence-corrected chi connectivity index (χ2v) is 2.53. The molecule has 2 atom stereocenters. The topological polar surface area (TPSA) is 34.1 Å². The van der Waals surface area contributed by atoms with E-state index < -0.39 is 0 Å². The average Bonchev–Trinajstić information content (AvgIpc) is 2.33. The summed E-state index contributed by atoms with van der Waals surface area (Å²) in [4.78, 5) is 20.4. The largest absolute Gasteiger partial charge is 0.303 e. The maximum atomic E-state index is 10.2. The van der Waals surface area contributed by atoms with Gasteiger partial charge in [0.1, 0.15) is 12.6 Å². The lowest BCUT2D eigenvalue weighted by atomic mass is 10.00. The summed E-state index contributed by atoms with van der Waals surface area (Å²) in [6.07, 6.45) is 4.67. The number of carbonyl (C=O) groups excluding carboxylic acids is 2. The second kappa shape index (κ2) is 2.76. The summed E-state index contributed by atoms with van der Waals surface area (Å²) in [5.41, 5.74) is 0. The predicted molar refractivity (Wildman–Crippen MR) is 33.0 cm³/mol. The monoisotopic (exact) mass is 126 g/mol. The number of rotatable bonds is 2. The van der Waals surface area contributed by atoms with Crippen LogP contribution in [0.1, 0.15) is 19.3 Å². The molecular weight excluding hydrogens is 116 g/mol. The van der Waals surface area contributed by atoms with Crippen LogP contribution >= 0.6 is 0 Å². The summed E-state index contributed by atoms with van der Waals surface area (Å²) in [6.45, 7) is 0. The standard InChI is InChI=1S/C7H10O2/c8-4-6-2-1-3-7(6)5-9/h4-7H,1-3H2/t6-,7-/m1/s1. The lowest BCUT2D eigenvalue weighted by Crippen LogP contribution is -2.09. The third-order valence-corrected chi connectivity index (χ3v) is 1.97. The molecule has 1 fully saturated rings. The molecule has 0 radical (unpaired) electrons. The third-order valence-electron chi connectivity index (χ3n) is 1.97. The molecule has 0 heterocycles. The molecule has 0 bridgehead atoms. The highest BCUT2D eigenvalue weighted by Crippen LogP contribution is 2.27. The Hall–Kier alpha value is -0.660. The first-order chi connectivity index (χ1) is 4.38. The van der Waals surface area contributed by atoms with Crippen LogP contribution in [0.3, 0.4) is 0 Å². The van der Waals surface area contributed by atoms with Gasteiger partial charge in [-0.05, 0) is 12.8 Å². The molecule has 0 aromatic carbocycles. The highest BCUT2D eigenvalue weighted by molar-refractivity contribution is 5.65. The van der Waals surface area contributed by atoms with E-state index in [1.807, 2.05) is 0 Å². The van der Waals surface area contributed by atoms with Crippen LogP contribution in [0.5, 0.6) is 0 Å². The Bertz CT molecular complexity index is 106. The Labute approximate surface area is 54.2 Å². The van der Waals surface area contributed by atoms with E-state index in [1.54, 1.807) is 0 Å². The van der Waals surface area contributed by atoms with Gasteiger partial charge >= 0.3 is 0 Å². The van der Waals surface area contributed by atoms with Crippen molar-refractivity contribution < 1.29 is 9.59 Å². The van der Waals surface area contributed by atoms with E-state index in [1.165, 1.54) is 0 Å². The maximum absolute atomic E-state index is 10.2. The first-order valence-corrected chi connectivity index (χ1v) is 3.29. The number of carbonyl (C=O) groups is 2. The van der Waals surface area contributed by atoms with Crippen LogP contribution in [0.15, 0.2) is 0 Å². The minimum Gasteiger partial charge on any atom is -0.303 e. The van der Waals surface area contributed by atoms with Gasteiger partial charge in [-0.15, -0.1) is 0 Å². The molecule has 0 aliphatic heterocycles. The van der Waals surface area contributed by atoms with Crippen LogP contribution < -0.4 is 0 Å². The van der Waals surface area contributed by atoms with Crippen molar-refractivity contribution in [2.24, 2.45) is 11.8 Å². The zero-order chi connectivity index (χ0) is 6.69. The van der Waals surface area contributed by atoms with Gasteiger partial charge in [0.25, 0.3) is 0 Å². The molecular formula is C7H10O2. The minimum atomic E-state index is 0.0301. The molecule has 0 amide bonds. The van der Waals surface area contributed by atoms with Gasteiger partial charge in [-0.2, -0.15) is 0 Å². The van der Waals surface area contributed by atoms with Crippen molar-refractivity contribution in [1.82, 2.24) is 0 Å². The van der Waals surface area contributed by atoms with E-state index in [4.69, 9.17) is 0 Å². The first-order valence-electron chi connectivity index (χ1n) is 3.29. The lowest BCUT2D eigenvalue weighted by molar-refractivity contribution is -0.118. The molecule has 1 saturated carbocycles. The summed E-state index contributed by atoms with van der Waals surface area (Å²) in [6, 6.07) is 0. The van der Waals surface area contributed by atoms with E-state index in [-0.39, 0.29) is 11.8 Å². The van der Waals surface area contributed by atoms with Crippen LogP contribution in [0.25, 0.3) is 0 Å². The quantitative estimate of drug-likeness (QED) is 0.513. The van der Waals surface area contributed by atoms with Crippen LogP contribution in [-0.2, 0) is 9.59 Å². The van der Waals surface area contributed by atoms with Crippen molar-refractivity contribution >= 4 is 12.6 Å². The highest BCUT2D eigenvalue weighted by atomic mass is 16.1. The van der Waals surface area contributed by atoms with Crippen molar-refractivity contribution in [2.45, 2.75) is 19.3 Å². The van der Waals surface area contributed by atoms with Crippen LogP contribution in [0.2, 0.25) is 0 Å². The van der Waals surface area contributed by atoms with Crippen molar-refractivity contribution in [3.63, 3.8) is 0 Å². The predicted octanol–water partition coefficient (Wildman–Crippen LogP) is 0.800. The lowest BCUT2D eigenvalue weighted by Gasteiger charge is -2.02. The molecule has 0 saturated heterocycles. The highest BCUT2D eigenvalue weighted by Gasteiger charge is 2.25. The fourth-order valence-corrected chi connectivity index (χ4v) is 1.36. The molecule has 0 aromatic rings. The maximum Gasteiger partial charge on any atom is 0.123 e. The van der Waals surface area contributed by atoms with E-state index in [0.29, 0.717) is 0 Å². The zero-order valence-electron chi connectivity index (χ0n) is 5.25. The van der Waals surface area contributed by atoms with Crippen molar-refractivity contribution in [1.29, 1.82) is 0 Å². The average molecular weight is 126 g/mol. The van der Waals surface area contributed by atoms with Gasteiger partial charge in [-0.3, -0.25) is 0 Å². The number of hydrogen-bond donors (Lipinski definition) is 0. The summed E-state index contributed by atoms with van der Waals surface area (Å²) >= 11 is 0. The molecule has 0 N–H and O–H groups in total.